The van der Waals surface area contributed by atoms with Crippen LogP contribution in [0.4, 0.5) is 0 Å². The molecule has 5 bridgehead atoms. The van der Waals surface area contributed by atoms with Crippen LogP contribution >= 0.6 is 0 Å². The molecule has 66 heavy (non-hydrogen) atoms. The minimum Gasteiger partial charge on any atom is -0.507 e. The van der Waals surface area contributed by atoms with Crippen molar-refractivity contribution in [3.05, 3.63) is 70.2 Å². The molecule has 0 aromatic heterocycles. The van der Waals surface area contributed by atoms with Crippen molar-refractivity contribution in [1.82, 2.24) is 5.32 Å². The maximum atomic E-state index is 14.2. The minimum absolute atomic E-state index is 0.0338. The number of aliphatic hydroxyl groups is 2. The number of aliphatic carboxylic acids is 1. The van der Waals surface area contributed by atoms with Crippen LogP contribution in [-0.2, 0) is 42.8 Å². The summed E-state index contributed by atoms with van der Waals surface area (Å²) in [6.07, 6.45) is 1.92. The SMILES string of the molecule is C/C1=C/C=C/[C@H](C(C)OC(=O)C(C)(C)CC(=O)O)C[C@@H](C)[C@@H](O)[C@@H](C)[C@H](O)[C@H](C)[C@@H](O[C@H]2C[C@@H]3OCO[C@@H]3[C@@H](C)O2)/C=C/O[C@@]2(C)Oc3c(C)c(O)c4c(c3C2=O)C(=O)C=C(NC1=O)C4=O. The Hall–Kier alpha value is -5.24. The van der Waals surface area contributed by atoms with Gasteiger partial charge < -0.3 is 58.9 Å². The van der Waals surface area contributed by atoms with Crippen LogP contribution in [0.5, 0.6) is 11.5 Å². The van der Waals surface area contributed by atoms with E-state index in [0.717, 1.165) is 12.3 Å². The lowest BCUT2D eigenvalue weighted by Gasteiger charge is -2.39. The number of phenols is 1. The number of benzene rings is 1. The maximum Gasteiger partial charge on any atom is 0.312 e. The molecule has 2 fully saturated rings. The second-order valence-electron chi connectivity index (χ2n) is 18.9. The molecule has 13 atom stereocenters. The topological polar surface area (TPSA) is 260 Å². The quantitative estimate of drug-likeness (QED) is 0.231. The molecule has 1 aromatic carbocycles. The Kier molecular flexibility index (Phi) is 14.9. The molecule has 5 N–H and O–H groups in total. The summed E-state index contributed by atoms with van der Waals surface area (Å²) in [7, 11) is 0. The van der Waals surface area contributed by atoms with Gasteiger partial charge in [0.25, 0.3) is 11.7 Å². The number of amides is 1. The highest BCUT2D eigenvalue weighted by Gasteiger charge is 2.52. The fourth-order valence-electron chi connectivity index (χ4n) is 9.05. The fraction of sp³-hybridized carbons (Fsp3) is 0.583. The highest BCUT2D eigenvalue weighted by molar-refractivity contribution is 6.30. The van der Waals surface area contributed by atoms with Crippen molar-refractivity contribution in [2.24, 2.45) is 29.1 Å². The first-order chi connectivity index (χ1) is 30.9. The molecule has 360 valence electrons. The van der Waals surface area contributed by atoms with Crippen molar-refractivity contribution in [2.75, 3.05) is 6.79 Å². The van der Waals surface area contributed by atoms with E-state index in [2.05, 4.69) is 5.32 Å². The number of aliphatic hydroxyl groups excluding tert-OH is 2. The molecule has 5 heterocycles. The van der Waals surface area contributed by atoms with Gasteiger partial charge in [-0.3, -0.25) is 28.8 Å². The number of ether oxygens (including phenoxy) is 7. The standard InChI is InChI=1S/C48H61NO17/c1-21-12-11-13-28(26(6)64-46(59)47(8,9)19-33(51)52)16-22(2)38(53)24(4)39(54)23(3)31(65-34-18-32-43(27(7)63-34)61-20-60-32)14-15-62-48(10)44(57)37-35-30(50)17-29(49-45(21)58)41(56)36(35)40(55)25(5)42(37)66-48/h11-15,17,22-24,26-28,31-32,34,38-39,43,53-55H,16,18-20H2,1-10H3,(H,49,58)(H,51,52)/b13-11+,15-14+,21-12-/t22-,23-,24-,26?,27-,28+,31+,32+,34+,38-,39-,43-,48+/m1/s1. The number of fused-ring (bicyclic) bond motifs is 15. The average molecular weight is 924 g/mol. The van der Waals surface area contributed by atoms with Crippen LogP contribution in [0.2, 0.25) is 0 Å². The smallest absolute Gasteiger partial charge is 0.312 e. The molecule has 0 radical (unpaired) electrons. The minimum atomic E-state index is -2.12. The van der Waals surface area contributed by atoms with Gasteiger partial charge in [0.05, 0.1) is 71.0 Å². The summed E-state index contributed by atoms with van der Waals surface area (Å²) in [5.41, 5.74) is -2.99. The number of carboxylic acids is 1. The molecule has 0 spiro atoms. The van der Waals surface area contributed by atoms with E-state index in [4.69, 9.17) is 33.2 Å². The number of esters is 1. The van der Waals surface area contributed by atoms with Gasteiger partial charge in [0.1, 0.15) is 30.5 Å². The summed E-state index contributed by atoms with van der Waals surface area (Å²) in [5, 5.41) is 47.0. The lowest BCUT2D eigenvalue weighted by atomic mass is 9.79. The Morgan fingerprint density at radius 1 is 0.970 bits per heavy atom. The molecule has 1 amide bonds. The van der Waals surface area contributed by atoms with E-state index in [9.17, 15) is 49.2 Å². The first kappa shape index (κ1) is 50.2. The van der Waals surface area contributed by atoms with Crippen molar-refractivity contribution in [3.8, 4) is 11.5 Å². The molecule has 0 saturated carbocycles. The monoisotopic (exact) mass is 923 g/mol. The number of Topliss-reactive ketones (excluding diaryl/α,β-unsaturated/α-hetero) is 2. The second kappa shape index (κ2) is 19.5. The predicted octanol–water partition coefficient (Wildman–Crippen LogP) is 4.75. The first-order valence-corrected chi connectivity index (χ1v) is 22.1. The number of hydrogen-bond donors (Lipinski definition) is 5. The van der Waals surface area contributed by atoms with Crippen molar-refractivity contribution in [3.63, 3.8) is 0 Å². The number of rotatable bonds is 7. The van der Waals surface area contributed by atoms with E-state index in [-0.39, 0.29) is 54.3 Å². The third-order valence-electron chi connectivity index (χ3n) is 13.3. The van der Waals surface area contributed by atoms with Gasteiger partial charge in [-0.2, -0.15) is 0 Å². The largest absolute Gasteiger partial charge is 0.507 e. The molecule has 1 unspecified atom stereocenters. The van der Waals surface area contributed by atoms with E-state index in [1.54, 1.807) is 33.8 Å². The summed E-state index contributed by atoms with van der Waals surface area (Å²) in [4.78, 5) is 80.2. The molecule has 18 heteroatoms. The van der Waals surface area contributed by atoms with E-state index in [1.807, 2.05) is 6.92 Å². The number of nitrogens with one attached hydrogen (secondary N) is 1. The Morgan fingerprint density at radius 3 is 2.35 bits per heavy atom. The average Bonchev–Trinajstić information content (AvgIpc) is 3.83. The third-order valence-corrected chi connectivity index (χ3v) is 13.3. The van der Waals surface area contributed by atoms with Gasteiger partial charge in [-0.15, -0.1) is 0 Å². The van der Waals surface area contributed by atoms with Gasteiger partial charge in [0, 0.05) is 48.3 Å². The van der Waals surface area contributed by atoms with Crippen LogP contribution in [0.1, 0.15) is 118 Å². The van der Waals surface area contributed by atoms with Gasteiger partial charge in [0.15, 0.2) is 12.1 Å². The molecule has 5 aliphatic heterocycles. The third kappa shape index (κ3) is 10.0. The molecule has 18 nitrogen and oxygen atoms in total. The van der Waals surface area contributed by atoms with Gasteiger partial charge in [0.2, 0.25) is 5.78 Å². The highest BCUT2D eigenvalue weighted by Crippen LogP contribution is 2.48. The zero-order valence-corrected chi connectivity index (χ0v) is 38.8. The zero-order chi connectivity index (χ0) is 48.7. The predicted molar refractivity (Wildman–Crippen MR) is 232 cm³/mol. The fourth-order valence-corrected chi connectivity index (χ4v) is 9.05. The number of hydrogen-bond acceptors (Lipinski definition) is 16. The molecular formula is C48H61NO17. The number of carboxylic acid groups (broad SMARTS) is 1. The molecule has 2 saturated heterocycles. The summed E-state index contributed by atoms with van der Waals surface area (Å²) in [5.74, 6) is -11.0. The van der Waals surface area contributed by atoms with E-state index in [0.29, 0.717) is 0 Å². The summed E-state index contributed by atoms with van der Waals surface area (Å²) in [6.45, 7) is 15.7. The van der Waals surface area contributed by atoms with Crippen molar-refractivity contribution >= 4 is 35.2 Å². The van der Waals surface area contributed by atoms with Crippen molar-refractivity contribution in [1.29, 1.82) is 0 Å². The zero-order valence-electron chi connectivity index (χ0n) is 38.8. The van der Waals surface area contributed by atoms with Crippen LogP contribution < -0.4 is 10.1 Å². The first-order valence-electron chi connectivity index (χ1n) is 22.1. The number of allylic oxidation sites excluding steroid dienone is 4. The van der Waals surface area contributed by atoms with Gasteiger partial charge >= 0.3 is 17.7 Å². The Morgan fingerprint density at radius 2 is 1.67 bits per heavy atom. The van der Waals surface area contributed by atoms with E-state index >= 15 is 0 Å². The number of carbonyl (C=O) groups is 6. The lowest BCUT2D eigenvalue weighted by Crippen LogP contribution is -2.48. The molecular weight excluding hydrogens is 863 g/mol. The molecule has 6 aliphatic rings. The lowest BCUT2D eigenvalue weighted by molar-refractivity contribution is -0.245. The Balaban J connectivity index is 1.39. The number of ketones is 3. The number of carbonyl (C=O) groups excluding carboxylic acids is 5. The maximum absolute atomic E-state index is 14.2. The normalized spacial score (nSPS) is 35.3. The Labute approximate surface area is 382 Å². The van der Waals surface area contributed by atoms with Crippen molar-refractivity contribution in [2.45, 2.75) is 143 Å². The van der Waals surface area contributed by atoms with Crippen LogP contribution in [0.15, 0.2) is 47.9 Å². The van der Waals surface area contributed by atoms with Crippen LogP contribution in [0.25, 0.3) is 0 Å². The summed E-state index contributed by atoms with van der Waals surface area (Å²) in [6, 6.07) is 0. The Bertz CT molecular complexity index is 2260. The van der Waals surface area contributed by atoms with E-state index < -0.39 is 136 Å². The number of phenolic OH excluding ortho intramolecular Hbond substituents is 1. The summed E-state index contributed by atoms with van der Waals surface area (Å²) < 4.78 is 41.9. The molecule has 7 rings (SSSR count). The molecule has 1 aliphatic carbocycles. The van der Waals surface area contributed by atoms with Crippen LogP contribution in [0.3, 0.4) is 0 Å². The summed E-state index contributed by atoms with van der Waals surface area (Å²) >= 11 is 0. The van der Waals surface area contributed by atoms with Crippen LogP contribution in [-0.4, -0.2) is 117 Å². The van der Waals surface area contributed by atoms with Gasteiger partial charge in [-0.25, -0.2) is 0 Å². The second-order valence-corrected chi connectivity index (χ2v) is 18.9. The van der Waals surface area contributed by atoms with Crippen LogP contribution in [0, 0.1) is 36.0 Å². The van der Waals surface area contributed by atoms with Crippen molar-refractivity contribution < 1.29 is 82.4 Å². The highest BCUT2D eigenvalue weighted by atomic mass is 16.7. The van der Waals surface area contributed by atoms with Gasteiger partial charge in [-0.05, 0) is 60.0 Å². The van der Waals surface area contributed by atoms with Gasteiger partial charge in [-0.1, -0.05) is 39.0 Å². The molecule has 1 aromatic rings. The van der Waals surface area contributed by atoms with E-state index in [1.165, 1.54) is 52.8 Å². The number of aromatic hydroxyl groups is 1.